The number of nitrogens with zero attached hydrogens (tertiary/aromatic N) is 4. The van der Waals surface area contributed by atoms with Gasteiger partial charge in [0.1, 0.15) is 43.3 Å². The summed E-state index contributed by atoms with van der Waals surface area (Å²) in [6, 6.07) is 24.7. The van der Waals surface area contributed by atoms with Crippen molar-refractivity contribution in [1.82, 2.24) is 0 Å². The van der Waals surface area contributed by atoms with Gasteiger partial charge in [-0.25, -0.2) is 26.3 Å². The molecule has 75 heavy (non-hydrogen) atoms. The Balaban J connectivity index is 1.55. The molecule has 0 unspecified atom stereocenters. The molecule has 0 saturated heterocycles. The first kappa shape index (κ1) is 56.9. The predicted octanol–water partition coefficient (Wildman–Crippen LogP) is 13.9. The molecule has 402 valence electrons. The van der Waals surface area contributed by atoms with Crippen molar-refractivity contribution in [3.05, 3.63) is 169 Å². The van der Waals surface area contributed by atoms with E-state index in [1.807, 2.05) is 54.0 Å². The van der Waals surface area contributed by atoms with Crippen molar-refractivity contribution in [2.45, 2.75) is 84.2 Å². The monoisotopic (exact) mass is 1050 g/mol. The number of rotatable bonds is 14. The number of fused-ring (bicyclic) bond motifs is 3. The lowest BCUT2D eigenvalue weighted by atomic mass is 9.66. The number of ether oxygens (including phenoxy) is 2. The van der Waals surface area contributed by atoms with Crippen LogP contribution in [0.25, 0.3) is 22.3 Å². The summed E-state index contributed by atoms with van der Waals surface area (Å²) < 4.78 is 142. The van der Waals surface area contributed by atoms with Gasteiger partial charge in [-0.15, -0.1) is 0 Å². The van der Waals surface area contributed by atoms with Crippen LogP contribution in [0.15, 0.2) is 72.8 Å². The van der Waals surface area contributed by atoms with E-state index in [0.717, 1.165) is 55.8 Å². The van der Waals surface area contributed by atoms with Gasteiger partial charge in [0.05, 0.1) is 101 Å². The van der Waals surface area contributed by atoms with E-state index in [1.54, 1.807) is 6.07 Å². The lowest BCUT2D eigenvalue weighted by Gasteiger charge is -2.37. The van der Waals surface area contributed by atoms with Gasteiger partial charge in [-0.1, -0.05) is 57.2 Å². The van der Waals surface area contributed by atoms with Crippen molar-refractivity contribution in [3.8, 4) is 39.5 Å². The highest BCUT2D eigenvalue weighted by Gasteiger charge is 2.48. The summed E-state index contributed by atoms with van der Waals surface area (Å²) in [5.41, 5.74) is 1.18. The van der Waals surface area contributed by atoms with Crippen LogP contribution >= 0.6 is 0 Å². The summed E-state index contributed by atoms with van der Waals surface area (Å²) in [6.45, 7) is 12.0. The molecule has 0 bridgehead atoms. The molecular weight excluding hydrogens is 973 g/mol. The first-order valence-electron chi connectivity index (χ1n) is 25.1. The second kappa shape index (κ2) is 19.3. The minimum Gasteiger partial charge on any atom is -0.488 e. The summed E-state index contributed by atoms with van der Waals surface area (Å²) >= 11 is 0. The average Bonchev–Trinajstić information content (AvgIpc) is 3.52. The molecule has 0 fully saturated rings. The molecule has 6 aromatic rings. The molecule has 0 N–H and O–H groups in total. The van der Waals surface area contributed by atoms with E-state index < -0.39 is 85.4 Å². The summed E-state index contributed by atoms with van der Waals surface area (Å²) in [7, 11) is 24.8. The number of hydrogen-bond acceptors (Lipinski definition) is 2. The second-order valence-corrected chi connectivity index (χ2v) is 26.5. The van der Waals surface area contributed by atoms with Gasteiger partial charge in [-0.05, 0) is 96.0 Å². The number of quaternary nitrogens is 4. The normalized spacial score (nSPS) is 14.1. The second-order valence-electron chi connectivity index (χ2n) is 26.5. The van der Waals surface area contributed by atoms with Gasteiger partial charge >= 0.3 is 0 Å². The Labute approximate surface area is 438 Å². The molecule has 0 saturated carbocycles. The van der Waals surface area contributed by atoms with E-state index in [1.165, 1.54) is 26.8 Å². The van der Waals surface area contributed by atoms with Gasteiger partial charge in [-0.2, -0.15) is 8.78 Å². The van der Waals surface area contributed by atoms with Crippen LogP contribution in [-0.2, 0) is 37.0 Å². The van der Waals surface area contributed by atoms with E-state index in [4.69, 9.17) is 9.47 Å². The highest BCUT2D eigenvalue weighted by Crippen LogP contribution is 2.58. The van der Waals surface area contributed by atoms with Crippen LogP contribution in [0.1, 0.15) is 91.6 Å². The molecule has 0 aliphatic heterocycles. The molecule has 6 nitrogen and oxygen atoms in total. The van der Waals surface area contributed by atoms with Crippen LogP contribution in [0.5, 0.6) is 17.2 Å². The van der Waals surface area contributed by atoms with Crippen LogP contribution in [-0.4, -0.2) is 108 Å². The molecule has 1 aliphatic rings. The fraction of sp³-hybridized carbons (Fsp3) is 0.410. The molecule has 7 rings (SSSR count). The fourth-order valence-electron chi connectivity index (χ4n) is 10.5. The van der Waals surface area contributed by atoms with Gasteiger partial charge in [0, 0.05) is 27.8 Å². The third-order valence-electron chi connectivity index (χ3n) is 13.0. The van der Waals surface area contributed by atoms with Gasteiger partial charge in [-0.3, -0.25) is 0 Å². The Morgan fingerprint density at radius 2 is 0.773 bits per heavy atom. The SMILES string of the molecule is CC(C)(C)Oc1ccc(C2(c3ccc(Oc4c(F)c(F)c(-c5c(F)c(F)c(C(C)(C)C)c(F)c5F)c(F)c4F)c(C[N+](C)(C)C)c3)c3cc(C[N+](C)(C)C)ccc3-c3ccc(C[N+](C)(C)C)cc32)cc1C[N+](C)(C)C. The number of halogens is 8. The standard InChI is InChI=1S/C61H74F8N4O2/c1-59(2,3)49-54(66)50(62)47(51(63)55(49)67)48-52(64)56(68)58(57(69)53(48)65)74-45-25-21-39(29-37(45)33-72(13,14)15)61(40-22-26-46(75-60(4,5)6)38(30-40)34-73(16,17)18)43-27-35(31-70(7,8)9)19-23-41(43)42-24-20-36(28-44(42)61)32-71(10,11)12/h19-30H,31-34H2,1-18H3/q+4. The Morgan fingerprint density at radius 3 is 1.13 bits per heavy atom. The minimum atomic E-state index is -2.31. The van der Waals surface area contributed by atoms with Crippen LogP contribution < -0.4 is 9.47 Å². The van der Waals surface area contributed by atoms with Crippen molar-refractivity contribution in [3.63, 3.8) is 0 Å². The maximum absolute atomic E-state index is 16.5. The smallest absolute Gasteiger partial charge is 0.205 e. The van der Waals surface area contributed by atoms with Crippen LogP contribution in [0, 0.1) is 46.5 Å². The number of hydrogen-bond donors (Lipinski definition) is 0. The van der Waals surface area contributed by atoms with Crippen LogP contribution in [0.3, 0.4) is 0 Å². The zero-order valence-corrected chi connectivity index (χ0v) is 46.9. The summed E-state index contributed by atoms with van der Waals surface area (Å²) in [6.07, 6.45) is 0. The highest BCUT2D eigenvalue weighted by molar-refractivity contribution is 5.87. The molecule has 0 aromatic heterocycles. The van der Waals surface area contributed by atoms with E-state index >= 15 is 35.1 Å². The van der Waals surface area contributed by atoms with E-state index in [9.17, 15) is 0 Å². The topological polar surface area (TPSA) is 18.5 Å². The quantitative estimate of drug-likeness (QED) is 0.0614. The zero-order chi connectivity index (χ0) is 56.1. The lowest BCUT2D eigenvalue weighted by molar-refractivity contribution is -0.884. The fourth-order valence-corrected chi connectivity index (χ4v) is 10.5. The maximum atomic E-state index is 16.5. The van der Waals surface area contributed by atoms with Crippen LogP contribution in [0.2, 0.25) is 0 Å². The Hall–Kier alpha value is -5.80. The first-order chi connectivity index (χ1) is 34.2. The molecular formula is C61H74F8N4O2+4. The van der Waals surface area contributed by atoms with Crippen molar-refractivity contribution < 1.29 is 62.5 Å². The first-order valence-corrected chi connectivity index (χ1v) is 25.1. The molecule has 0 amide bonds. The predicted molar refractivity (Wildman–Crippen MR) is 281 cm³/mol. The minimum absolute atomic E-state index is 0.161. The van der Waals surface area contributed by atoms with Gasteiger partial charge in [0.2, 0.25) is 17.4 Å². The van der Waals surface area contributed by atoms with E-state index in [2.05, 4.69) is 112 Å². The van der Waals surface area contributed by atoms with Crippen molar-refractivity contribution in [2.24, 2.45) is 0 Å². The van der Waals surface area contributed by atoms with Crippen molar-refractivity contribution >= 4 is 0 Å². The summed E-state index contributed by atoms with van der Waals surface area (Å²) in [5.74, 6) is -18.3. The molecule has 6 aromatic carbocycles. The van der Waals surface area contributed by atoms with Crippen molar-refractivity contribution in [2.75, 3.05) is 84.6 Å². The maximum Gasteiger partial charge on any atom is 0.205 e. The molecule has 0 spiro atoms. The van der Waals surface area contributed by atoms with Crippen molar-refractivity contribution in [1.29, 1.82) is 0 Å². The van der Waals surface area contributed by atoms with E-state index in [0.29, 0.717) is 38.6 Å². The zero-order valence-electron chi connectivity index (χ0n) is 46.9. The average molecular weight is 1050 g/mol. The Kier molecular flexibility index (Phi) is 14.7. The molecule has 1 aliphatic carbocycles. The highest BCUT2D eigenvalue weighted by atomic mass is 19.2. The molecule has 14 heteroatoms. The molecule has 0 heterocycles. The molecule has 0 radical (unpaired) electrons. The number of benzene rings is 6. The largest absolute Gasteiger partial charge is 0.488 e. The van der Waals surface area contributed by atoms with Crippen LogP contribution in [0.4, 0.5) is 35.1 Å². The third-order valence-corrected chi connectivity index (χ3v) is 13.0. The van der Waals surface area contributed by atoms with Gasteiger partial charge in [0.15, 0.2) is 34.9 Å². The summed E-state index contributed by atoms with van der Waals surface area (Å²) in [4.78, 5) is 0. The third kappa shape index (κ3) is 11.5. The Morgan fingerprint density at radius 1 is 0.413 bits per heavy atom. The molecule has 0 atom stereocenters. The summed E-state index contributed by atoms with van der Waals surface area (Å²) in [5, 5.41) is 0. The lowest BCUT2D eigenvalue weighted by Crippen LogP contribution is -2.36. The van der Waals surface area contributed by atoms with Gasteiger partial charge in [0.25, 0.3) is 0 Å². The van der Waals surface area contributed by atoms with E-state index in [-0.39, 0.29) is 16.8 Å². The van der Waals surface area contributed by atoms with Gasteiger partial charge < -0.3 is 27.4 Å². The Bertz CT molecular complexity index is 3090.